The first-order valence-corrected chi connectivity index (χ1v) is 6.18. The Bertz CT molecular complexity index is 431. The summed E-state index contributed by atoms with van der Waals surface area (Å²) >= 11 is 0. The Balaban J connectivity index is 1.84. The van der Waals surface area contributed by atoms with Gasteiger partial charge in [-0.05, 0) is 31.7 Å². The van der Waals surface area contributed by atoms with Gasteiger partial charge >= 0.3 is 0 Å². The maximum absolute atomic E-state index is 12.3. The van der Waals surface area contributed by atoms with E-state index in [1.54, 1.807) is 6.07 Å². The van der Waals surface area contributed by atoms with Crippen molar-refractivity contribution in [3.63, 3.8) is 0 Å². The Morgan fingerprint density at radius 2 is 2.24 bits per heavy atom. The lowest BCUT2D eigenvalue weighted by atomic mass is 10.3. The average molecular weight is 235 g/mol. The molecule has 1 aromatic rings. The summed E-state index contributed by atoms with van der Waals surface area (Å²) in [5, 5.41) is 1.47. The van der Waals surface area contributed by atoms with Gasteiger partial charge in [-0.25, -0.2) is 5.06 Å². The molecule has 5 nitrogen and oxygen atoms in total. The van der Waals surface area contributed by atoms with Crippen molar-refractivity contribution < 1.29 is 9.63 Å². The molecule has 92 valence electrons. The molecule has 1 saturated heterocycles. The average Bonchev–Trinajstić information content (AvgIpc) is 3.13. The molecule has 2 aliphatic rings. The van der Waals surface area contributed by atoms with E-state index in [1.807, 2.05) is 10.8 Å². The van der Waals surface area contributed by atoms with E-state index >= 15 is 0 Å². The highest BCUT2D eigenvalue weighted by atomic mass is 16.7. The van der Waals surface area contributed by atoms with E-state index < -0.39 is 0 Å². The SMILES string of the molecule is Nc1cc(C(=O)N2CCCCO2)n(C2CC2)c1. The zero-order valence-corrected chi connectivity index (χ0v) is 9.76. The first-order valence-electron chi connectivity index (χ1n) is 6.18. The summed E-state index contributed by atoms with van der Waals surface area (Å²) < 4.78 is 2.00. The molecule has 0 bridgehead atoms. The van der Waals surface area contributed by atoms with Gasteiger partial charge in [0.2, 0.25) is 0 Å². The number of rotatable bonds is 2. The van der Waals surface area contributed by atoms with Crippen LogP contribution >= 0.6 is 0 Å². The maximum Gasteiger partial charge on any atom is 0.294 e. The maximum atomic E-state index is 12.3. The second-order valence-corrected chi connectivity index (χ2v) is 4.74. The number of anilines is 1. The van der Waals surface area contributed by atoms with Gasteiger partial charge in [0, 0.05) is 18.8 Å². The van der Waals surface area contributed by atoms with Crippen LogP contribution in [-0.2, 0) is 4.84 Å². The molecule has 0 spiro atoms. The molecule has 0 aromatic carbocycles. The first-order chi connectivity index (χ1) is 8.25. The van der Waals surface area contributed by atoms with Gasteiger partial charge in [-0.2, -0.15) is 0 Å². The zero-order valence-electron chi connectivity index (χ0n) is 9.76. The van der Waals surface area contributed by atoms with Gasteiger partial charge in [-0.3, -0.25) is 9.63 Å². The van der Waals surface area contributed by atoms with Crippen LogP contribution in [0.15, 0.2) is 12.3 Å². The van der Waals surface area contributed by atoms with E-state index in [0.29, 0.717) is 30.6 Å². The number of carbonyl (C=O) groups is 1. The smallest absolute Gasteiger partial charge is 0.294 e. The van der Waals surface area contributed by atoms with Crippen molar-refractivity contribution in [2.45, 2.75) is 31.7 Å². The van der Waals surface area contributed by atoms with Gasteiger partial charge in [0.1, 0.15) is 5.69 Å². The van der Waals surface area contributed by atoms with Gasteiger partial charge in [0.15, 0.2) is 0 Å². The molecule has 1 saturated carbocycles. The highest BCUT2D eigenvalue weighted by molar-refractivity contribution is 5.93. The van der Waals surface area contributed by atoms with Crippen LogP contribution in [0.3, 0.4) is 0 Å². The van der Waals surface area contributed by atoms with Crippen molar-refractivity contribution in [3.05, 3.63) is 18.0 Å². The minimum atomic E-state index is -0.0618. The molecule has 1 aliphatic heterocycles. The van der Waals surface area contributed by atoms with Crippen molar-refractivity contribution in [2.75, 3.05) is 18.9 Å². The largest absolute Gasteiger partial charge is 0.397 e. The van der Waals surface area contributed by atoms with Gasteiger partial charge in [0.25, 0.3) is 5.91 Å². The molecule has 2 heterocycles. The normalized spacial score (nSPS) is 20.6. The molecule has 0 unspecified atom stereocenters. The standard InChI is InChI=1S/C12H17N3O2/c13-9-7-11(14(8-9)10-3-4-10)12(16)15-5-1-2-6-17-15/h7-8,10H,1-6,13H2. The zero-order chi connectivity index (χ0) is 11.8. The second kappa shape index (κ2) is 4.07. The molecule has 2 N–H and O–H groups in total. The third-order valence-corrected chi connectivity index (χ3v) is 3.26. The van der Waals surface area contributed by atoms with Crippen LogP contribution in [0.2, 0.25) is 0 Å². The van der Waals surface area contributed by atoms with E-state index in [9.17, 15) is 4.79 Å². The number of hydrogen-bond acceptors (Lipinski definition) is 3. The van der Waals surface area contributed by atoms with Crippen molar-refractivity contribution in [3.8, 4) is 0 Å². The third-order valence-electron chi connectivity index (χ3n) is 3.26. The van der Waals surface area contributed by atoms with E-state index in [1.165, 1.54) is 5.06 Å². The number of nitrogens with two attached hydrogens (primary N) is 1. The lowest BCUT2D eigenvalue weighted by molar-refractivity contribution is -0.144. The van der Waals surface area contributed by atoms with Gasteiger partial charge in [0.05, 0.1) is 12.3 Å². The lowest BCUT2D eigenvalue weighted by Gasteiger charge is -2.26. The Hall–Kier alpha value is -1.49. The summed E-state index contributed by atoms with van der Waals surface area (Å²) in [7, 11) is 0. The van der Waals surface area contributed by atoms with Crippen LogP contribution in [0, 0.1) is 0 Å². The molecule has 5 heteroatoms. The van der Waals surface area contributed by atoms with Crippen molar-refractivity contribution in [1.29, 1.82) is 0 Å². The van der Waals surface area contributed by atoms with E-state index in [-0.39, 0.29) is 5.91 Å². The summed E-state index contributed by atoms with van der Waals surface area (Å²) in [4.78, 5) is 17.7. The summed E-state index contributed by atoms with van der Waals surface area (Å²) in [6.07, 6.45) is 6.15. The number of hydrogen-bond donors (Lipinski definition) is 1. The predicted octanol–water partition coefficient (Wildman–Crippen LogP) is 1.57. The Morgan fingerprint density at radius 1 is 1.41 bits per heavy atom. The molecular formula is C12H17N3O2. The van der Waals surface area contributed by atoms with Gasteiger partial charge in [-0.1, -0.05) is 0 Å². The predicted molar refractivity (Wildman–Crippen MR) is 63.3 cm³/mol. The van der Waals surface area contributed by atoms with E-state index in [0.717, 1.165) is 25.7 Å². The number of aromatic nitrogens is 1. The lowest BCUT2D eigenvalue weighted by Crippen LogP contribution is -2.36. The summed E-state index contributed by atoms with van der Waals surface area (Å²) in [5.41, 5.74) is 7.09. The molecule has 3 rings (SSSR count). The molecular weight excluding hydrogens is 218 g/mol. The highest BCUT2D eigenvalue weighted by Crippen LogP contribution is 2.37. The summed E-state index contributed by atoms with van der Waals surface area (Å²) in [6, 6.07) is 2.20. The van der Waals surface area contributed by atoms with Gasteiger partial charge < -0.3 is 10.3 Å². The van der Waals surface area contributed by atoms with Crippen LogP contribution in [0.1, 0.15) is 42.2 Å². The number of nitrogens with zero attached hydrogens (tertiary/aromatic N) is 2. The van der Waals surface area contributed by atoms with E-state index in [2.05, 4.69) is 0 Å². The number of amides is 1. The fourth-order valence-electron chi connectivity index (χ4n) is 2.21. The second-order valence-electron chi connectivity index (χ2n) is 4.74. The van der Waals surface area contributed by atoms with Crippen molar-refractivity contribution >= 4 is 11.6 Å². The number of hydroxylamine groups is 2. The Labute approximate surface area is 100 Å². The van der Waals surface area contributed by atoms with Crippen LogP contribution in [-0.4, -0.2) is 28.7 Å². The van der Waals surface area contributed by atoms with E-state index in [4.69, 9.17) is 10.6 Å². The van der Waals surface area contributed by atoms with Gasteiger partial charge in [-0.15, -0.1) is 0 Å². The molecule has 0 atom stereocenters. The highest BCUT2D eigenvalue weighted by Gasteiger charge is 2.30. The van der Waals surface area contributed by atoms with Crippen LogP contribution in [0.4, 0.5) is 5.69 Å². The van der Waals surface area contributed by atoms with Crippen LogP contribution < -0.4 is 5.73 Å². The number of nitrogen functional groups attached to an aromatic ring is 1. The quantitative estimate of drug-likeness (QED) is 0.846. The molecule has 1 amide bonds. The fraction of sp³-hybridized carbons (Fsp3) is 0.583. The van der Waals surface area contributed by atoms with Crippen LogP contribution in [0.25, 0.3) is 0 Å². The molecule has 1 aromatic heterocycles. The number of carbonyl (C=O) groups excluding carboxylic acids is 1. The summed E-state index contributed by atoms with van der Waals surface area (Å²) in [5.74, 6) is -0.0618. The monoisotopic (exact) mass is 235 g/mol. The molecule has 1 aliphatic carbocycles. The third kappa shape index (κ3) is 2.02. The minimum Gasteiger partial charge on any atom is -0.397 e. The minimum absolute atomic E-state index is 0.0618. The topological polar surface area (TPSA) is 60.5 Å². The van der Waals surface area contributed by atoms with Crippen LogP contribution in [0.5, 0.6) is 0 Å². The Morgan fingerprint density at radius 3 is 2.88 bits per heavy atom. The van der Waals surface area contributed by atoms with Crippen molar-refractivity contribution in [1.82, 2.24) is 9.63 Å². The molecule has 2 fully saturated rings. The fourth-order valence-corrected chi connectivity index (χ4v) is 2.21. The first kappa shape index (κ1) is 10.7. The molecule has 17 heavy (non-hydrogen) atoms. The molecule has 0 radical (unpaired) electrons. The van der Waals surface area contributed by atoms with Crippen molar-refractivity contribution in [2.24, 2.45) is 0 Å². The summed E-state index contributed by atoms with van der Waals surface area (Å²) in [6.45, 7) is 1.31. The Kier molecular flexibility index (Phi) is 2.55.